The maximum Gasteiger partial charge on any atom is 0.225 e. The summed E-state index contributed by atoms with van der Waals surface area (Å²) < 4.78 is 7.59. The van der Waals surface area contributed by atoms with Gasteiger partial charge in [0.05, 0.1) is 5.69 Å². The molecule has 0 aromatic carbocycles. The fraction of sp³-hybridized carbons (Fsp3) is 0.467. The minimum Gasteiger partial charge on any atom is -0.421 e. The van der Waals surface area contributed by atoms with Crippen LogP contribution in [0.3, 0.4) is 0 Å². The van der Waals surface area contributed by atoms with Crippen LogP contribution in [0.4, 0.5) is 0 Å². The maximum absolute atomic E-state index is 5.87. The van der Waals surface area contributed by atoms with Crippen molar-refractivity contribution in [2.45, 2.75) is 27.3 Å². The van der Waals surface area contributed by atoms with Crippen molar-refractivity contribution in [3.05, 3.63) is 35.7 Å². The predicted molar refractivity (Wildman–Crippen MR) is 78.8 cm³/mol. The molecule has 0 aliphatic heterocycles. The lowest BCUT2D eigenvalue weighted by Crippen LogP contribution is -2.19. The molecular weight excluding hydrogens is 252 g/mol. The Balaban J connectivity index is 2.09. The van der Waals surface area contributed by atoms with Crippen LogP contribution >= 0.6 is 0 Å². The van der Waals surface area contributed by atoms with E-state index in [1.165, 1.54) is 0 Å². The van der Waals surface area contributed by atoms with Crippen molar-refractivity contribution in [1.82, 2.24) is 20.1 Å². The Morgan fingerprint density at radius 1 is 1.40 bits per heavy atom. The van der Waals surface area contributed by atoms with Crippen molar-refractivity contribution >= 4 is 0 Å². The molecule has 0 atom stereocenters. The van der Waals surface area contributed by atoms with Crippen LogP contribution < -0.4 is 10.1 Å². The van der Waals surface area contributed by atoms with Gasteiger partial charge in [0.15, 0.2) is 0 Å². The van der Waals surface area contributed by atoms with Gasteiger partial charge in [-0.05, 0) is 25.5 Å². The zero-order chi connectivity index (χ0) is 14.5. The summed E-state index contributed by atoms with van der Waals surface area (Å²) in [5.41, 5.74) is 1.98. The molecule has 0 saturated heterocycles. The zero-order valence-corrected chi connectivity index (χ0v) is 12.6. The van der Waals surface area contributed by atoms with Crippen molar-refractivity contribution in [1.29, 1.82) is 0 Å². The van der Waals surface area contributed by atoms with E-state index in [1.807, 2.05) is 32.2 Å². The summed E-state index contributed by atoms with van der Waals surface area (Å²) in [6.45, 7) is 8.03. The number of nitrogens with one attached hydrogen (secondary N) is 1. The van der Waals surface area contributed by atoms with Crippen LogP contribution in [0.5, 0.6) is 11.8 Å². The third-order valence-electron chi connectivity index (χ3n) is 2.88. The van der Waals surface area contributed by atoms with Gasteiger partial charge in [-0.25, -0.2) is 9.67 Å². The molecule has 2 aromatic rings. The van der Waals surface area contributed by atoms with Gasteiger partial charge in [0.2, 0.25) is 11.8 Å². The van der Waals surface area contributed by atoms with Gasteiger partial charge in [-0.3, -0.25) is 0 Å². The van der Waals surface area contributed by atoms with Crippen LogP contribution in [0.1, 0.15) is 25.1 Å². The second-order valence-corrected chi connectivity index (χ2v) is 5.34. The highest BCUT2D eigenvalue weighted by molar-refractivity contribution is 5.29. The van der Waals surface area contributed by atoms with Gasteiger partial charge >= 0.3 is 0 Å². The van der Waals surface area contributed by atoms with Gasteiger partial charge in [-0.2, -0.15) is 5.10 Å². The average Bonchev–Trinajstić information content (AvgIpc) is 2.69. The molecule has 2 heterocycles. The van der Waals surface area contributed by atoms with E-state index in [-0.39, 0.29) is 0 Å². The van der Waals surface area contributed by atoms with E-state index < -0.39 is 0 Å². The molecule has 5 heteroatoms. The summed E-state index contributed by atoms with van der Waals surface area (Å²) in [7, 11) is 1.86. The molecule has 1 N–H and O–H groups in total. The number of hydrogen-bond donors (Lipinski definition) is 1. The number of aromatic nitrogens is 3. The highest BCUT2D eigenvalue weighted by Crippen LogP contribution is 2.23. The molecule has 0 bridgehead atoms. The minimum atomic E-state index is 0.621. The van der Waals surface area contributed by atoms with Crippen LogP contribution in [0, 0.1) is 12.8 Å². The van der Waals surface area contributed by atoms with Crippen molar-refractivity contribution in [3.8, 4) is 11.8 Å². The van der Waals surface area contributed by atoms with Crippen molar-refractivity contribution < 1.29 is 4.74 Å². The Labute approximate surface area is 120 Å². The number of nitrogens with zero attached hydrogens (tertiary/aromatic N) is 3. The van der Waals surface area contributed by atoms with E-state index in [0.29, 0.717) is 17.7 Å². The molecular formula is C15H22N4O. The lowest BCUT2D eigenvalue weighted by molar-refractivity contribution is 0.407. The Bertz CT molecular complexity index is 563. The molecule has 0 amide bonds. The molecule has 0 radical (unpaired) electrons. The van der Waals surface area contributed by atoms with Gasteiger partial charge in [-0.15, -0.1) is 0 Å². The summed E-state index contributed by atoms with van der Waals surface area (Å²) in [6, 6.07) is 5.85. The van der Waals surface area contributed by atoms with Gasteiger partial charge in [-0.1, -0.05) is 19.9 Å². The second kappa shape index (κ2) is 6.52. The van der Waals surface area contributed by atoms with Crippen molar-refractivity contribution in [2.24, 2.45) is 13.0 Å². The number of hydrogen-bond acceptors (Lipinski definition) is 4. The first-order valence-electron chi connectivity index (χ1n) is 6.89. The molecule has 0 fully saturated rings. The Hall–Kier alpha value is -1.88. The fourth-order valence-electron chi connectivity index (χ4n) is 1.93. The normalized spacial score (nSPS) is 11.1. The van der Waals surface area contributed by atoms with E-state index in [4.69, 9.17) is 4.74 Å². The van der Waals surface area contributed by atoms with E-state index in [0.717, 1.165) is 24.3 Å². The molecule has 0 spiro atoms. The third kappa shape index (κ3) is 3.81. The molecule has 20 heavy (non-hydrogen) atoms. The summed E-state index contributed by atoms with van der Waals surface area (Å²) in [5, 5.41) is 7.68. The van der Waals surface area contributed by atoms with Crippen molar-refractivity contribution in [3.63, 3.8) is 0 Å². The standard InChI is InChI=1S/C15H22N4O/c1-11(2)9-16-10-13-6-5-7-17-15(13)20-14-8-12(3)18-19(14)4/h5-8,11,16H,9-10H2,1-4H3. The molecule has 0 unspecified atom stereocenters. The van der Waals surface area contributed by atoms with E-state index in [1.54, 1.807) is 10.9 Å². The molecule has 2 aromatic heterocycles. The third-order valence-corrected chi connectivity index (χ3v) is 2.88. The van der Waals surface area contributed by atoms with Crippen LogP contribution in [-0.4, -0.2) is 21.3 Å². The van der Waals surface area contributed by atoms with E-state index in [2.05, 4.69) is 29.2 Å². The summed E-state index contributed by atoms with van der Waals surface area (Å²) in [6.07, 6.45) is 1.74. The highest BCUT2D eigenvalue weighted by Gasteiger charge is 2.09. The number of ether oxygens (including phenoxy) is 1. The Morgan fingerprint density at radius 2 is 2.20 bits per heavy atom. The molecule has 2 rings (SSSR count). The van der Waals surface area contributed by atoms with Gasteiger partial charge in [0, 0.05) is 31.4 Å². The van der Waals surface area contributed by atoms with Crippen LogP contribution in [-0.2, 0) is 13.6 Å². The smallest absolute Gasteiger partial charge is 0.225 e. The van der Waals surface area contributed by atoms with E-state index >= 15 is 0 Å². The number of aryl methyl sites for hydroxylation is 2. The maximum atomic E-state index is 5.87. The minimum absolute atomic E-state index is 0.621. The summed E-state index contributed by atoms with van der Waals surface area (Å²) in [5.74, 6) is 1.95. The lowest BCUT2D eigenvalue weighted by Gasteiger charge is -2.11. The molecule has 108 valence electrons. The topological polar surface area (TPSA) is 52.0 Å². The first kappa shape index (κ1) is 14.5. The fourth-order valence-corrected chi connectivity index (χ4v) is 1.93. The van der Waals surface area contributed by atoms with Crippen LogP contribution in [0.2, 0.25) is 0 Å². The summed E-state index contributed by atoms with van der Waals surface area (Å²) >= 11 is 0. The highest BCUT2D eigenvalue weighted by atomic mass is 16.5. The SMILES string of the molecule is Cc1cc(Oc2ncccc2CNCC(C)C)n(C)n1. The van der Waals surface area contributed by atoms with Gasteiger partial charge in [0.1, 0.15) is 0 Å². The average molecular weight is 274 g/mol. The van der Waals surface area contributed by atoms with Gasteiger partial charge < -0.3 is 10.1 Å². The first-order valence-corrected chi connectivity index (χ1v) is 6.89. The number of rotatable bonds is 6. The molecule has 5 nitrogen and oxygen atoms in total. The zero-order valence-electron chi connectivity index (χ0n) is 12.6. The Morgan fingerprint density at radius 3 is 2.85 bits per heavy atom. The van der Waals surface area contributed by atoms with Crippen LogP contribution in [0.15, 0.2) is 24.4 Å². The van der Waals surface area contributed by atoms with Gasteiger partial charge in [0.25, 0.3) is 0 Å². The van der Waals surface area contributed by atoms with E-state index in [9.17, 15) is 0 Å². The lowest BCUT2D eigenvalue weighted by atomic mass is 10.2. The number of pyridine rings is 1. The second-order valence-electron chi connectivity index (χ2n) is 5.34. The van der Waals surface area contributed by atoms with Crippen molar-refractivity contribution in [2.75, 3.05) is 6.54 Å². The predicted octanol–water partition coefficient (Wildman–Crippen LogP) is 2.66. The summed E-state index contributed by atoms with van der Waals surface area (Å²) in [4.78, 5) is 4.32. The molecule has 0 aliphatic rings. The quantitative estimate of drug-likeness (QED) is 0.880. The largest absolute Gasteiger partial charge is 0.421 e. The monoisotopic (exact) mass is 274 g/mol. The Kier molecular flexibility index (Phi) is 4.74. The van der Waals surface area contributed by atoms with Crippen LogP contribution in [0.25, 0.3) is 0 Å². The molecule has 0 saturated carbocycles. The molecule has 0 aliphatic carbocycles. The first-order chi connectivity index (χ1) is 9.56.